The lowest BCUT2D eigenvalue weighted by Crippen LogP contribution is -2.29. The monoisotopic (exact) mass is 449 g/mol. The van der Waals surface area contributed by atoms with Crippen LogP contribution < -0.4 is 14.8 Å². The highest BCUT2D eigenvalue weighted by Crippen LogP contribution is 2.38. The van der Waals surface area contributed by atoms with Gasteiger partial charge in [0.05, 0.1) is 18.2 Å². The Morgan fingerprint density at radius 2 is 1.83 bits per heavy atom. The van der Waals surface area contributed by atoms with Crippen LogP contribution in [0.3, 0.4) is 0 Å². The zero-order chi connectivity index (χ0) is 21.9. The van der Waals surface area contributed by atoms with Crippen molar-refractivity contribution < 1.29 is 18.5 Å². The number of ether oxygens (including phenoxy) is 2. The van der Waals surface area contributed by atoms with E-state index in [-0.39, 0.29) is 17.1 Å². The van der Waals surface area contributed by atoms with Crippen LogP contribution in [-0.4, -0.2) is 28.6 Å². The number of rotatable bonds is 5. The second kappa shape index (κ2) is 9.40. The number of fused-ring (bicyclic) bond motifs is 1. The first kappa shape index (κ1) is 22.6. The van der Waals surface area contributed by atoms with E-state index in [2.05, 4.69) is 26.1 Å². The summed E-state index contributed by atoms with van der Waals surface area (Å²) >= 11 is 6.31. The van der Waals surface area contributed by atoms with E-state index in [1.165, 1.54) is 5.56 Å². The summed E-state index contributed by atoms with van der Waals surface area (Å²) in [6.07, 6.45) is 0.778. The smallest absolute Gasteiger partial charge is 0.239 e. The van der Waals surface area contributed by atoms with Crippen molar-refractivity contribution in [3.05, 3.63) is 52.5 Å². The standard InChI is InChI=1S/C23H28ClNO4S/c1-15(22(26)25-18-8-6-17(7-9-18)23(2,3)4)30(27)14-16-12-19(24)21-20(13-16)28-10-5-11-29-21/h6-9,12-13,15H,5,10-11,14H2,1-4H3,(H,25,26). The molecule has 2 unspecified atom stereocenters. The van der Waals surface area contributed by atoms with Gasteiger partial charge in [0.2, 0.25) is 5.91 Å². The number of nitrogens with one attached hydrogen (secondary N) is 1. The van der Waals surface area contributed by atoms with Crippen LogP contribution in [0.5, 0.6) is 11.5 Å². The number of hydrogen-bond acceptors (Lipinski definition) is 4. The van der Waals surface area contributed by atoms with Gasteiger partial charge >= 0.3 is 0 Å². The maximum Gasteiger partial charge on any atom is 0.239 e. The van der Waals surface area contributed by atoms with Gasteiger partial charge in [0, 0.05) is 28.7 Å². The molecule has 0 fully saturated rings. The molecule has 1 N–H and O–H groups in total. The second-order valence-electron chi connectivity index (χ2n) is 8.44. The molecule has 0 aromatic heterocycles. The average molecular weight is 450 g/mol. The minimum Gasteiger partial charge on any atom is -0.489 e. The number of amides is 1. The maximum absolute atomic E-state index is 12.8. The summed E-state index contributed by atoms with van der Waals surface area (Å²) in [4.78, 5) is 12.6. The Hall–Kier alpha value is -2.05. The Labute approximate surface area is 185 Å². The fraction of sp³-hybridized carbons (Fsp3) is 0.435. The largest absolute Gasteiger partial charge is 0.489 e. The van der Waals surface area contributed by atoms with E-state index >= 15 is 0 Å². The molecule has 2 aromatic carbocycles. The van der Waals surface area contributed by atoms with Crippen LogP contribution in [0.25, 0.3) is 0 Å². The van der Waals surface area contributed by atoms with Crippen LogP contribution in [0.1, 0.15) is 45.2 Å². The van der Waals surface area contributed by atoms with Gasteiger partial charge in [-0.2, -0.15) is 0 Å². The molecule has 0 spiro atoms. The molecule has 0 saturated carbocycles. The zero-order valence-corrected chi connectivity index (χ0v) is 19.4. The van der Waals surface area contributed by atoms with Gasteiger partial charge in [-0.25, -0.2) is 0 Å². The lowest BCUT2D eigenvalue weighted by Gasteiger charge is -2.19. The number of anilines is 1. The van der Waals surface area contributed by atoms with E-state index < -0.39 is 16.0 Å². The summed E-state index contributed by atoms with van der Waals surface area (Å²) in [6, 6.07) is 11.3. The topological polar surface area (TPSA) is 64.6 Å². The quantitative estimate of drug-likeness (QED) is 0.691. The zero-order valence-electron chi connectivity index (χ0n) is 17.8. The predicted molar refractivity (Wildman–Crippen MR) is 122 cm³/mol. The maximum atomic E-state index is 12.8. The second-order valence-corrected chi connectivity index (χ2v) is 10.6. The molecule has 3 rings (SSSR count). The molecule has 2 aromatic rings. The fourth-order valence-corrected chi connectivity index (χ4v) is 4.40. The van der Waals surface area contributed by atoms with Crippen LogP contribution in [0, 0.1) is 0 Å². The summed E-state index contributed by atoms with van der Waals surface area (Å²) in [7, 11) is -1.42. The molecule has 5 nitrogen and oxygen atoms in total. The van der Waals surface area contributed by atoms with Gasteiger partial charge < -0.3 is 14.8 Å². The highest BCUT2D eigenvalue weighted by Gasteiger charge is 2.23. The Kier molecular flexibility index (Phi) is 7.09. The highest BCUT2D eigenvalue weighted by atomic mass is 35.5. The van der Waals surface area contributed by atoms with E-state index in [4.69, 9.17) is 21.1 Å². The molecule has 2 atom stereocenters. The van der Waals surface area contributed by atoms with Gasteiger partial charge in [0.15, 0.2) is 11.5 Å². The summed E-state index contributed by atoms with van der Waals surface area (Å²) in [5, 5.41) is 2.60. The third-order valence-corrected chi connectivity index (χ3v) is 6.85. The number of carbonyl (C=O) groups excluding carboxylic acids is 1. The Morgan fingerprint density at radius 3 is 2.50 bits per heavy atom. The minimum atomic E-state index is -1.42. The van der Waals surface area contributed by atoms with Crippen LogP contribution in [0.4, 0.5) is 5.69 Å². The van der Waals surface area contributed by atoms with Crippen molar-refractivity contribution in [1.82, 2.24) is 0 Å². The summed E-state index contributed by atoms with van der Waals surface area (Å²) in [5.41, 5.74) is 2.66. The summed E-state index contributed by atoms with van der Waals surface area (Å²) < 4.78 is 24.1. The van der Waals surface area contributed by atoms with E-state index in [1.807, 2.05) is 24.3 Å². The average Bonchev–Trinajstić information content (AvgIpc) is 2.93. The first-order chi connectivity index (χ1) is 14.1. The number of carbonyl (C=O) groups is 1. The molecule has 7 heteroatoms. The van der Waals surface area contributed by atoms with Crippen LogP contribution >= 0.6 is 11.6 Å². The summed E-state index contributed by atoms with van der Waals surface area (Å²) in [6.45, 7) is 9.17. The Bertz CT molecular complexity index is 937. The van der Waals surface area contributed by atoms with Gasteiger partial charge in [-0.1, -0.05) is 44.5 Å². The van der Waals surface area contributed by atoms with Crippen molar-refractivity contribution in [1.29, 1.82) is 0 Å². The van der Waals surface area contributed by atoms with Crippen molar-refractivity contribution in [2.24, 2.45) is 0 Å². The van der Waals surface area contributed by atoms with Gasteiger partial charge in [-0.3, -0.25) is 9.00 Å². The molecule has 1 heterocycles. The number of hydrogen-bond donors (Lipinski definition) is 1. The molecule has 30 heavy (non-hydrogen) atoms. The Balaban J connectivity index is 1.65. The first-order valence-corrected chi connectivity index (χ1v) is 11.8. The van der Waals surface area contributed by atoms with Gasteiger partial charge in [0.1, 0.15) is 5.25 Å². The SMILES string of the molecule is CC(C(=O)Nc1ccc(C(C)(C)C)cc1)S(=O)Cc1cc(Cl)c2c(c1)OCCCO2. The van der Waals surface area contributed by atoms with Gasteiger partial charge in [0.25, 0.3) is 0 Å². The van der Waals surface area contributed by atoms with Crippen LogP contribution in [0.2, 0.25) is 5.02 Å². The van der Waals surface area contributed by atoms with Crippen molar-refractivity contribution >= 4 is 34.0 Å². The predicted octanol–water partition coefficient (Wildman–Crippen LogP) is 5.07. The molecular formula is C23H28ClNO4S. The van der Waals surface area contributed by atoms with E-state index in [9.17, 15) is 9.00 Å². The van der Waals surface area contributed by atoms with Crippen molar-refractivity contribution in [3.8, 4) is 11.5 Å². The highest BCUT2D eigenvalue weighted by molar-refractivity contribution is 7.85. The first-order valence-electron chi connectivity index (χ1n) is 10.0. The molecule has 1 amide bonds. The molecule has 0 saturated heterocycles. The van der Waals surface area contributed by atoms with Crippen molar-refractivity contribution in [2.75, 3.05) is 18.5 Å². The Morgan fingerprint density at radius 1 is 1.17 bits per heavy atom. The number of benzene rings is 2. The fourth-order valence-electron chi connectivity index (χ4n) is 3.07. The van der Waals surface area contributed by atoms with E-state index in [0.717, 1.165) is 12.0 Å². The molecule has 0 radical (unpaired) electrons. The van der Waals surface area contributed by atoms with Gasteiger partial charge in [-0.05, 0) is 47.7 Å². The van der Waals surface area contributed by atoms with E-state index in [1.54, 1.807) is 19.1 Å². The molecular weight excluding hydrogens is 422 g/mol. The van der Waals surface area contributed by atoms with Crippen LogP contribution in [0.15, 0.2) is 36.4 Å². The normalized spacial score (nSPS) is 15.8. The lowest BCUT2D eigenvalue weighted by atomic mass is 9.87. The van der Waals surface area contributed by atoms with Gasteiger partial charge in [-0.15, -0.1) is 0 Å². The minimum absolute atomic E-state index is 0.0429. The third kappa shape index (κ3) is 5.55. The van der Waals surface area contributed by atoms with Crippen molar-refractivity contribution in [3.63, 3.8) is 0 Å². The lowest BCUT2D eigenvalue weighted by molar-refractivity contribution is -0.115. The molecule has 1 aliphatic rings. The third-order valence-electron chi connectivity index (χ3n) is 4.95. The van der Waals surface area contributed by atoms with Crippen LogP contribution in [-0.2, 0) is 26.8 Å². The molecule has 1 aliphatic heterocycles. The molecule has 0 aliphatic carbocycles. The summed E-state index contributed by atoms with van der Waals surface area (Å²) in [5.74, 6) is 1.00. The molecule has 162 valence electrons. The van der Waals surface area contributed by atoms with Crippen molar-refractivity contribution in [2.45, 2.75) is 50.5 Å². The number of halogens is 1. The van der Waals surface area contributed by atoms with E-state index in [0.29, 0.717) is 35.4 Å². The molecule has 0 bridgehead atoms.